The molecule has 0 spiro atoms. The van der Waals surface area contributed by atoms with Crippen LogP contribution in [0.3, 0.4) is 0 Å². The molecule has 2 fully saturated rings. The van der Waals surface area contributed by atoms with E-state index in [1.807, 2.05) is 25.4 Å². The summed E-state index contributed by atoms with van der Waals surface area (Å²) < 4.78 is 0. The molecule has 7 nitrogen and oxygen atoms in total. The Morgan fingerprint density at radius 3 is 2.55 bits per heavy atom. The van der Waals surface area contributed by atoms with Gasteiger partial charge in [-0.05, 0) is 43.4 Å². The van der Waals surface area contributed by atoms with Crippen LogP contribution in [0.2, 0.25) is 0 Å². The van der Waals surface area contributed by atoms with Gasteiger partial charge in [-0.25, -0.2) is 9.97 Å². The summed E-state index contributed by atoms with van der Waals surface area (Å²) in [5, 5.41) is 0. The third kappa shape index (κ3) is 3.56. The molecule has 2 amide bonds. The molecular weight excluding hydrogens is 390 g/mol. The van der Waals surface area contributed by atoms with Gasteiger partial charge in [0.25, 0.3) is 0 Å². The van der Waals surface area contributed by atoms with Crippen molar-refractivity contribution in [2.45, 2.75) is 63.5 Å². The molecule has 0 saturated heterocycles. The van der Waals surface area contributed by atoms with Crippen LogP contribution < -0.4 is 15.5 Å². The Labute approximate surface area is 182 Å². The number of nitrogens with zero attached hydrogens (tertiary/aromatic N) is 4. The van der Waals surface area contributed by atoms with E-state index in [1.165, 1.54) is 12.8 Å². The summed E-state index contributed by atoms with van der Waals surface area (Å²) in [6.45, 7) is 0. The molecule has 2 aliphatic carbocycles. The van der Waals surface area contributed by atoms with E-state index in [4.69, 9.17) is 10.7 Å². The van der Waals surface area contributed by atoms with Gasteiger partial charge in [0.05, 0.1) is 12.1 Å². The summed E-state index contributed by atoms with van der Waals surface area (Å²) in [4.78, 5) is 38.4. The Kier molecular flexibility index (Phi) is 5.12. The number of hydrogen-bond acceptors (Lipinski definition) is 5. The fourth-order valence-corrected chi connectivity index (χ4v) is 5.60. The Balaban J connectivity index is 1.53. The number of benzene rings is 1. The highest BCUT2D eigenvalue weighted by atomic mass is 16.2. The maximum atomic E-state index is 13.2. The molecule has 162 valence electrons. The van der Waals surface area contributed by atoms with Crippen LogP contribution in [0.1, 0.15) is 66.7 Å². The van der Waals surface area contributed by atoms with Crippen molar-refractivity contribution in [2.75, 3.05) is 16.8 Å². The van der Waals surface area contributed by atoms with Crippen molar-refractivity contribution < 1.29 is 9.59 Å². The van der Waals surface area contributed by atoms with Crippen LogP contribution in [-0.4, -0.2) is 40.9 Å². The number of carbonyl (C=O) groups excluding carboxylic acids is 2. The molecule has 2 saturated carbocycles. The van der Waals surface area contributed by atoms with Crippen molar-refractivity contribution in [1.29, 1.82) is 0 Å². The largest absolute Gasteiger partial charge is 0.366 e. The zero-order chi connectivity index (χ0) is 21.5. The lowest BCUT2D eigenvalue weighted by Crippen LogP contribution is -2.46. The molecule has 2 heterocycles. The van der Waals surface area contributed by atoms with E-state index >= 15 is 0 Å². The van der Waals surface area contributed by atoms with E-state index in [0.717, 1.165) is 55.0 Å². The molecule has 5 rings (SSSR count). The smallest absolute Gasteiger partial charge is 0.248 e. The molecule has 1 aromatic carbocycles. The molecule has 0 bridgehead atoms. The zero-order valence-electron chi connectivity index (χ0n) is 18.0. The second-order valence-corrected chi connectivity index (χ2v) is 9.08. The van der Waals surface area contributed by atoms with Crippen molar-refractivity contribution in [3.05, 3.63) is 47.4 Å². The number of anilines is 2. The van der Waals surface area contributed by atoms with Crippen molar-refractivity contribution in [1.82, 2.24) is 9.97 Å². The number of rotatable bonds is 4. The van der Waals surface area contributed by atoms with Crippen LogP contribution in [0.5, 0.6) is 0 Å². The summed E-state index contributed by atoms with van der Waals surface area (Å²) in [6.07, 6.45) is 10.3. The van der Waals surface area contributed by atoms with Crippen molar-refractivity contribution in [2.24, 2.45) is 11.7 Å². The van der Waals surface area contributed by atoms with E-state index in [1.54, 1.807) is 17.0 Å². The van der Waals surface area contributed by atoms with E-state index < -0.39 is 5.91 Å². The number of amides is 2. The summed E-state index contributed by atoms with van der Waals surface area (Å²) in [6, 6.07) is 7.94. The first-order valence-corrected chi connectivity index (χ1v) is 11.3. The summed E-state index contributed by atoms with van der Waals surface area (Å²) in [5.74, 6) is 1.45. The van der Waals surface area contributed by atoms with Gasteiger partial charge in [0.15, 0.2) is 5.82 Å². The lowest BCUT2D eigenvalue weighted by atomic mass is 9.99. The van der Waals surface area contributed by atoms with Gasteiger partial charge in [-0.15, -0.1) is 0 Å². The zero-order valence-corrected chi connectivity index (χ0v) is 18.0. The average molecular weight is 420 g/mol. The number of fused-ring (bicyclic) bond motifs is 2. The van der Waals surface area contributed by atoms with Crippen molar-refractivity contribution in [3.63, 3.8) is 0 Å². The highest BCUT2D eigenvalue weighted by Gasteiger charge is 2.45. The highest BCUT2D eigenvalue weighted by molar-refractivity contribution is 5.99. The van der Waals surface area contributed by atoms with Gasteiger partial charge < -0.3 is 15.5 Å². The van der Waals surface area contributed by atoms with Gasteiger partial charge in [-0.1, -0.05) is 31.4 Å². The normalized spacial score (nSPS) is 23.6. The van der Waals surface area contributed by atoms with Gasteiger partial charge in [-0.3, -0.25) is 9.59 Å². The summed E-state index contributed by atoms with van der Waals surface area (Å²) in [5.41, 5.74) is 7.68. The average Bonchev–Trinajstić information content (AvgIpc) is 3.45. The second kappa shape index (κ2) is 7.94. The standard InChI is InChI=1S/C24H29N5O2/c1-28-20-14-26-21(13-15-9-11-16(12-10-15)22(25)30)27-23(20)29(17-5-2-3-6-17)19-8-4-7-18(19)24(28)31/h9-12,14,17-19H,2-8,13H2,1H3,(H2,25,30)/t18-,19+/m0/s1. The summed E-state index contributed by atoms with van der Waals surface area (Å²) >= 11 is 0. The summed E-state index contributed by atoms with van der Waals surface area (Å²) in [7, 11) is 1.86. The third-order valence-corrected chi connectivity index (χ3v) is 7.21. The Morgan fingerprint density at radius 1 is 1.10 bits per heavy atom. The highest BCUT2D eigenvalue weighted by Crippen LogP contribution is 2.44. The number of carbonyl (C=O) groups is 2. The van der Waals surface area contributed by atoms with Crippen LogP contribution in [0.4, 0.5) is 11.5 Å². The number of nitrogens with two attached hydrogens (primary N) is 1. The minimum absolute atomic E-state index is 0.0459. The Hall–Kier alpha value is -2.96. The van der Waals surface area contributed by atoms with E-state index in [0.29, 0.717) is 18.0 Å². The molecule has 7 heteroatoms. The van der Waals surface area contributed by atoms with Gasteiger partial charge in [0.2, 0.25) is 11.8 Å². The van der Waals surface area contributed by atoms with Crippen molar-refractivity contribution >= 4 is 23.3 Å². The van der Waals surface area contributed by atoms with Crippen LogP contribution in [0, 0.1) is 5.92 Å². The van der Waals surface area contributed by atoms with E-state index in [2.05, 4.69) is 9.88 Å². The molecule has 1 aromatic heterocycles. The molecule has 2 N–H and O–H groups in total. The molecule has 2 aromatic rings. The first kappa shape index (κ1) is 20.0. The quantitative estimate of drug-likeness (QED) is 0.822. The monoisotopic (exact) mass is 419 g/mol. The first-order chi connectivity index (χ1) is 15.0. The maximum Gasteiger partial charge on any atom is 0.248 e. The fraction of sp³-hybridized carbons (Fsp3) is 0.500. The molecule has 1 aliphatic heterocycles. The maximum absolute atomic E-state index is 13.2. The number of hydrogen-bond donors (Lipinski definition) is 1. The van der Waals surface area contributed by atoms with Crippen molar-refractivity contribution in [3.8, 4) is 0 Å². The lowest BCUT2D eigenvalue weighted by molar-refractivity contribution is -0.122. The second-order valence-electron chi connectivity index (χ2n) is 9.08. The van der Waals surface area contributed by atoms with Crippen LogP contribution in [-0.2, 0) is 11.2 Å². The minimum Gasteiger partial charge on any atom is -0.366 e. The molecule has 0 radical (unpaired) electrons. The first-order valence-electron chi connectivity index (χ1n) is 11.3. The lowest BCUT2D eigenvalue weighted by Gasteiger charge is -2.36. The topological polar surface area (TPSA) is 92.4 Å². The fourth-order valence-electron chi connectivity index (χ4n) is 5.60. The predicted octanol–water partition coefficient (Wildman–Crippen LogP) is 3.06. The van der Waals surface area contributed by atoms with Crippen LogP contribution >= 0.6 is 0 Å². The molecule has 2 atom stereocenters. The SMILES string of the molecule is CN1C(=O)[C@H]2CCC[C@H]2N(C2CCCC2)c2nc(Cc3ccc(C(N)=O)cc3)ncc21. The van der Waals surface area contributed by atoms with Gasteiger partial charge >= 0.3 is 0 Å². The van der Waals surface area contributed by atoms with E-state index in [9.17, 15) is 9.59 Å². The predicted molar refractivity (Wildman–Crippen MR) is 119 cm³/mol. The van der Waals surface area contributed by atoms with E-state index in [-0.39, 0.29) is 17.9 Å². The van der Waals surface area contributed by atoms with Crippen LogP contribution in [0.15, 0.2) is 30.5 Å². The van der Waals surface area contributed by atoms with Crippen LogP contribution in [0.25, 0.3) is 0 Å². The molecule has 3 aliphatic rings. The minimum atomic E-state index is -0.432. The van der Waals surface area contributed by atoms with Gasteiger partial charge in [0.1, 0.15) is 11.5 Å². The number of aromatic nitrogens is 2. The third-order valence-electron chi connectivity index (χ3n) is 7.21. The van der Waals surface area contributed by atoms with Gasteiger partial charge in [-0.2, -0.15) is 0 Å². The Morgan fingerprint density at radius 2 is 1.84 bits per heavy atom. The van der Waals surface area contributed by atoms with Gasteiger partial charge in [0, 0.05) is 31.1 Å². The molecular formula is C24H29N5O2. The molecule has 0 unspecified atom stereocenters. The Bertz CT molecular complexity index is 1000. The molecule has 31 heavy (non-hydrogen) atoms. The number of primary amides is 1.